The number of hydrogen-bond donors (Lipinski definition) is 10. The first-order valence-corrected chi connectivity index (χ1v) is 13.0. The molecule has 0 radical (unpaired) electrons. The molecular weight excluding hydrogens is 580 g/mol. The van der Waals surface area contributed by atoms with E-state index in [4.69, 9.17) is 23.4 Å². The quantitative estimate of drug-likeness (QED) is 0.156. The first-order valence-electron chi connectivity index (χ1n) is 13.0. The van der Waals surface area contributed by atoms with Gasteiger partial charge in [0.2, 0.25) is 17.5 Å². The fourth-order valence-corrected chi connectivity index (χ4v) is 4.99. The van der Waals surface area contributed by atoms with E-state index in [9.17, 15) is 55.9 Å². The maximum atomic E-state index is 13.6. The lowest BCUT2D eigenvalue weighted by molar-refractivity contribution is -0.345. The molecule has 0 bridgehead atoms. The Hall–Kier alpha value is -3.87. The Labute approximate surface area is 241 Å². The zero-order chi connectivity index (χ0) is 31.5. The number of phenolic OH excluding ortho intramolecular Hbond substituents is 5. The van der Waals surface area contributed by atoms with Crippen molar-refractivity contribution in [2.45, 2.75) is 75.3 Å². The van der Waals surface area contributed by atoms with E-state index in [-0.39, 0.29) is 11.1 Å². The van der Waals surface area contributed by atoms with Gasteiger partial charge in [0.05, 0.1) is 12.2 Å². The molecule has 10 atom stereocenters. The van der Waals surface area contributed by atoms with Gasteiger partial charge in [-0.3, -0.25) is 4.79 Å². The van der Waals surface area contributed by atoms with E-state index in [1.54, 1.807) is 0 Å². The SMILES string of the molecule is CC1OC(OC2C(C)OC(Oc3c(-c4cc(O)c(O)c(O)c4)oc4cc(O)cc(O)c4c3=O)C(O)C2O)C(O)C(O)C1O. The summed E-state index contributed by atoms with van der Waals surface area (Å²) in [5.74, 6) is -4.87. The third-order valence-corrected chi connectivity index (χ3v) is 7.36. The van der Waals surface area contributed by atoms with Crippen LogP contribution >= 0.6 is 0 Å². The van der Waals surface area contributed by atoms with Crippen molar-refractivity contribution in [3.05, 3.63) is 34.5 Å². The smallest absolute Gasteiger partial charge is 0.239 e. The summed E-state index contributed by atoms with van der Waals surface area (Å²) in [6.45, 7) is 2.82. The van der Waals surface area contributed by atoms with Gasteiger partial charge >= 0.3 is 0 Å². The molecule has 2 aliphatic rings. The Bertz CT molecular complexity index is 1550. The molecule has 0 saturated carbocycles. The van der Waals surface area contributed by atoms with Gasteiger partial charge in [-0.1, -0.05) is 0 Å². The lowest BCUT2D eigenvalue weighted by atomic mass is 9.97. The molecule has 2 fully saturated rings. The van der Waals surface area contributed by atoms with Crippen LogP contribution in [-0.4, -0.2) is 112 Å². The van der Waals surface area contributed by atoms with Gasteiger partial charge in [0.25, 0.3) is 0 Å². The topological polar surface area (TPSA) is 269 Å². The molecule has 16 nitrogen and oxygen atoms in total. The van der Waals surface area contributed by atoms with Gasteiger partial charge in [0, 0.05) is 17.7 Å². The molecule has 234 valence electrons. The number of aliphatic hydroxyl groups is 5. The summed E-state index contributed by atoms with van der Waals surface area (Å²) in [5, 5.41) is 102. The summed E-state index contributed by atoms with van der Waals surface area (Å²) >= 11 is 0. The van der Waals surface area contributed by atoms with Crippen LogP contribution in [0.1, 0.15) is 13.8 Å². The monoisotopic (exact) mass is 610 g/mol. The number of benzene rings is 2. The van der Waals surface area contributed by atoms with Crippen LogP contribution in [0.5, 0.6) is 34.5 Å². The van der Waals surface area contributed by atoms with Gasteiger partial charge in [-0.25, -0.2) is 0 Å². The highest BCUT2D eigenvalue weighted by Gasteiger charge is 2.50. The highest BCUT2D eigenvalue weighted by atomic mass is 16.7. The number of aromatic hydroxyl groups is 5. The Morgan fingerprint density at radius 2 is 1.30 bits per heavy atom. The maximum absolute atomic E-state index is 13.6. The second kappa shape index (κ2) is 11.3. The van der Waals surface area contributed by atoms with Crippen molar-refractivity contribution in [3.63, 3.8) is 0 Å². The molecule has 2 aliphatic heterocycles. The third kappa shape index (κ3) is 5.39. The van der Waals surface area contributed by atoms with Gasteiger partial charge in [-0.15, -0.1) is 0 Å². The number of hydrogen-bond acceptors (Lipinski definition) is 16. The molecule has 10 unspecified atom stereocenters. The summed E-state index contributed by atoms with van der Waals surface area (Å²) in [4.78, 5) is 13.6. The van der Waals surface area contributed by atoms with Crippen molar-refractivity contribution in [2.24, 2.45) is 0 Å². The Balaban J connectivity index is 1.50. The zero-order valence-corrected chi connectivity index (χ0v) is 22.5. The molecule has 0 aliphatic carbocycles. The van der Waals surface area contributed by atoms with Crippen LogP contribution in [0.25, 0.3) is 22.3 Å². The summed E-state index contributed by atoms with van der Waals surface area (Å²) < 4.78 is 28.1. The van der Waals surface area contributed by atoms with Crippen molar-refractivity contribution in [1.82, 2.24) is 0 Å². The number of phenols is 5. The van der Waals surface area contributed by atoms with Crippen LogP contribution in [0.3, 0.4) is 0 Å². The highest BCUT2D eigenvalue weighted by molar-refractivity contribution is 5.88. The molecule has 10 N–H and O–H groups in total. The lowest BCUT2D eigenvalue weighted by Gasteiger charge is -2.45. The van der Waals surface area contributed by atoms with Crippen LogP contribution < -0.4 is 10.2 Å². The predicted octanol–water partition coefficient (Wildman–Crippen LogP) is -0.954. The van der Waals surface area contributed by atoms with Crippen molar-refractivity contribution in [3.8, 4) is 45.8 Å². The van der Waals surface area contributed by atoms with E-state index in [0.29, 0.717) is 0 Å². The molecule has 0 spiro atoms. The van der Waals surface area contributed by atoms with E-state index in [2.05, 4.69) is 0 Å². The van der Waals surface area contributed by atoms with Crippen LogP contribution in [0.15, 0.2) is 33.5 Å². The molecule has 43 heavy (non-hydrogen) atoms. The van der Waals surface area contributed by atoms with Crippen LogP contribution in [-0.2, 0) is 14.2 Å². The van der Waals surface area contributed by atoms with Gasteiger partial charge < -0.3 is 74.4 Å². The van der Waals surface area contributed by atoms with Crippen molar-refractivity contribution in [1.29, 1.82) is 0 Å². The van der Waals surface area contributed by atoms with Crippen molar-refractivity contribution >= 4 is 11.0 Å². The van der Waals surface area contributed by atoms with Crippen LogP contribution in [0.4, 0.5) is 0 Å². The molecule has 1 aromatic heterocycles. The summed E-state index contributed by atoms with van der Waals surface area (Å²) in [6.07, 6.45) is -15.3. The standard InChI is InChI=1S/C27H30O16/c1-7-16(32)19(35)21(37)26(39-7)42-23-8(2)40-27(22(38)20(23)36)43-25-18(34)15-11(29)5-10(28)6-14(15)41-24(25)9-3-12(30)17(33)13(31)4-9/h3-8,16,19-23,26-33,35-38H,1-2H3. The molecule has 2 saturated heterocycles. The Morgan fingerprint density at radius 3 is 1.95 bits per heavy atom. The average Bonchev–Trinajstić information content (AvgIpc) is 2.94. The van der Waals surface area contributed by atoms with E-state index in [1.807, 2.05) is 0 Å². The van der Waals surface area contributed by atoms with E-state index in [0.717, 1.165) is 24.3 Å². The minimum Gasteiger partial charge on any atom is -0.508 e. The molecule has 3 aromatic rings. The second-order valence-electron chi connectivity index (χ2n) is 10.4. The van der Waals surface area contributed by atoms with Crippen LogP contribution in [0, 0.1) is 0 Å². The first kappa shape index (κ1) is 30.6. The average molecular weight is 611 g/mol. The summed E-state index contributed by atoms with van der Waals surface area (Å²) in [5.41, 5.74) is -1.60. The molecule has 3 heterocycles. The van der Waals surface area contributed by atoms with Crippen molar-refractivity contribution in [2.75, 3.05) is 0 Å². The van der Waals surface area contributed by atoms with Crippen LogP contribution in [0.2, 0.25) is 0 Å². The fourth-order valence-electron chi connectivity index (χ4n) is 4.99. The minimum atomic E-state index is -1.94. The third-order valence-electron chi connectivity index (χ3n) is 7.36. The molecular formula is C27H30O16. The summed E-state index contributed by atoms with van der Waals surface area (Å²) in [7, 11) is 0. The molecule has 16 heteroatoms. The molecule has 0 amide bonds. The normalized spacial score (nSPS) is 33.0. The first-order chi connectivity index (χ1) is 20.2. The van der Waals surface area contributed by atoms with E-state index < -0.39 is 112 Å². The predicted molar refractivity (Wildman–Crippen MR) is 140 cm³/mol. The van der Waals surface area contributed by atoms with Gasteiger partial charge in [0.15, 0.2) is 29.3 Å². The molecule has 2 aromatic carbocycles. The largest absolute Gasteiger partial charge is 0.508 e. The molecule has 5 rings (SSSR count). The van der Waals surface area contributed by atoms with Crippen molar-refractivity contribution < 1.29 is 74.4 Å². The Morgan fingerprint density at radius 1 is 0.698 bits per heavy atom. The number of fused-ring (bicyclic) bond motifs is 1. The Kier molecular flexibility index (Phi) is 8.05. The summed E-state index contributed by atoms with van der Waals surface area (Å²) in [6, 6.07) is 3.69. The van der Waals surface area contributed by atoms with E-state index in [1.165, 1.54) is 13.8 Å². The fraction of sp³-hybridized carbons (Fsp3) is 0.444. The lowest BCUT2D eigenvalue weighted by Crippen LogP contribution is -2.63. The number of ether oxygens (including phenoxy) is 4. The van der Waals surface area contributed by atoms with Gasteiger partial charge in [-0.05, 0) is 26.0 Å². The van der Waals surface area contributed by atoms with E-state index >= 15 is 0 Å². The highest BCUT2D eigenvalue weighted by Crippen LogP contribution is 2.43. The van der Waals surface area contributed by atoms with Gasteiger partial charge in [-0.2, -0.15) is 0 Å². The maximum Gasteiger partial charge on any atom is 0.239 e. The number of aliphatic hydroxyl groups excluding tert-OH is 5. The second-order valence-corrected chi connectivity index (χ2v) is 10.4. The van der Waals surface area contributed by atoms with Gasteiger partial charge in [0.1, 0.15) is 59.1 Å². The minimum absolute atomic E-state index is 0.219. The zero-order valence-electron chi connectivity index (χ0n) is 22.5. The number of rotatable bonds is 5.